The largest absolute Gasteiger partial charge is 0.491 e. The molecule has 7 nitrogen and oxygen atoms in total. The van der Waals surface area contributed by atoms with Crippen molar-refractivity contribution >= 4 is 28.6 Å². The number of aromatic nitrogens is 1. The number of para-hydroxylation sites is 1. The van der Waals surface area contributed by atoms with Gasteiger partial charge in [-0.05, 0) is 23.8 Å². The highest BCUT2D eigenvalue weighted by Crippen LogP contribution is 2.35. The van der Waals surface area contributed by atoms with E-state index in [9.17, 15) is 22.8 Å². The Morgan fingerprint density at radius 3 is 2.38 bits per heavy atom. The Balaban J connectivity index is 2.18. The SMILES string of the molecule is N=C(N)c1cccc(Cn2c(C(N)=O)c(OC(=O)C(F)(F)F)c3ccccc32)c1. The number of rotatable bonds is 5. The van der Waals surface area contributed by atoms with Gasteiger partial charge in [0, 0.05) is 17.5 Å². The Bertz CT molecular complexity index is 1140. The van der Waals surface area contributed by atoms with Crippen molar-refractivity contribution in [3.05, 3.63) is 65.4 Å². The molecule has 0 atom stereocenters. The summed E-state index contributed by atoms with van der Waals surface area (Å²) in [6, 6.07) is 12.7. The van der Waals surface area contributed by atoms with Crippen LogP contribution in [-0.2, 0) is 11.3 Å². The van der Waals surface area contributed by atoms with E-state index in [1.54, 1.807) is 36.4 Å². The molecule has 0 fully saturated rings. The lowest BCUT2D eigenvalue weighted by atomic mass is 10.1. The molecule has 5 N–H and O–H groups in total. The molecule has 3 rings (SSSR count). The molecule has 1 heterocycles. The topological polar surface area (TPSA) is 124 Å². The standard InChI is InChI=1S/C19H15F3N4O3/c20-19(21,22)18(28)29-15-12-6-1-2-7-13(12)26(14(15)17(25)27)9-10-4-3-5-11(8-10)16(23)24/h1-8H,9H2,(H3,23,24)(H2,25,27). The molecule has 0 aliphatic carbocycles. The number of primary amides is 1. The van der Waals surface area contributed by atoms with Gasteiger partial charge in [0.25, 0.3) is 5.91 Å². The Hall–Kier alpha value is -3.82. The predicted molar refractivity (Wildman–Crippen MR) is 98.7 cm³/mol. The van der Waals surface area contributed by atoms with Gasteiger partial charge in [-0.15, -0.1) is 0 Å². The summed E-state index contributed by atoms with van der Waals surface area (Å²) >= 11 is 0. The normalized spacial score (nSPS) is 11.4. The maximum atomic E-state index is 12.7. The zero-order chi connectivity index (χ0) is 21.3. The summed E-state index contributed by atoms with van der Waals surface area (Å²) in [7, 11) is 0. The van der Waals surface area contributed by atoms with Gasteiger partial charge in [0.2, 0.25) is 0 Å². The van der Waals surface area contributed by atoms with Gasteiger partial charge in [-0.25, -0.2) is 4.79 Å². The maximum absolute atomic E-state index is 12.7. The van der Waals surface area contributed by atoms with Crippen molar-refractivity contribution in [2.24, 2.45) is 11.5 Å². The third kappa shape index (κ3) is 3.91. The molecule has 1 aromatic heterocycles. The zero-order valence-electron chi connectivity index (χ0n) is 14.8. The third-order valence-corrected chi connectivity index (χ3v) is 4.16. The van der Waals surface area contributed by atoms with E-state index in [1.165, 1.54) is 16.7 Å². The number of nitrogens with zero attached hydrogens (tertiary/aromatic N) is 1. The van der Waals surface area contributed by atoms with Crippen LogP contribution in [0.25, 0.3) is 10.9 Å². The van der Waals surface area contributed by atoms with E-state index in [0.717, 1.165) is 0 Å². The number of hydrogen-bond acceptors (Lipinski definition) is 4. The molecule has 0 spiro atoms. The summed E-state index contributed by atoms with van der Waals surface area (Å²) in [5, 5.41) is 7.65. The molecule has 0 saturated carbocycles. The number of benzene rings is 2. The molecule has 0 aliphatic rings. The van der Waals surface area contributed by atoms with Crippen LogP contribution in [0.5, 0.6) is 5.75 Å². The summed E-state index contributed by atoms with van der Waals surface area (Å²) in [5.74, 6) is -4.24. The van der Waals surface area contributed by atoms with Gasteiger partial charge in [0.05, 0.1) is 5.52 Å². The van der Waals surface area contributed by atoms with Crippen LogP contribution in [0.4, 0.5) is 13.2 Å². The molecule has 0 radical (unpaired) electrons. The zero-order valence-corrected chi connectivity index (χ0v) is 14.8. The van der Waals surface area contributed by atoms with Gasteiger partial charge in [-0.2, -0.15) is 13.2 Å². The van der Waals surface area contributed by atoms with Gasteiger partial charge in [0.1, 0.15) is 5.84 Å². The molecule has 150 valence electrons. The van der Waals surface area contributed by atoms with E-state index in [-0.39, 0.29) is 23.5 Å². The summed E-state index contributed by atoms with van der Waals surface area (Å²) < 4.78 is 44.0. The quantitative estimate of drug-likeness (QED) is 0.343. The number of nitrogens with two attached hydrogens (primary N) is 2. The number of amidine groups is 1. The second-order valence-electron chi connectivity index (χ2n) is 6.15. The first-order chi connectivity index (χ1) is 13.6. The van der Waals surface area contributed by atoms with E-state index in [4.69, 9.17) is 16.9 Å². The number of hydrogen-bond donors (Lipinski definition) is 3. The van der Waals surface area contributed by atoms with E-state index < -0.39 is 23.8 Å². The average molecular weight is 404 g/mol. The highest BCUT2D eigenvalue weighted by molar-refractivity contribution is 6.05. The van der Waals surface area contributed by atoms with Crippen molar-refractivity contribution in [2.45, 2.75) is 12.7 Å². The van der Waals surface area contributed by atoms with Crippen molar-refractivity contribution in [1.82, 2.24) is 4.57 Å². The van der Waals surface area contributed by atoms with E-state index >= 15 is 0 Å². The predicted octanol–water partition coefficient (Wildman–Crippen LogP) is 2.54. The van der Waals surface area contributed by atoms with Crippen molar-refractivity contribution in [3.8, 4) is 5.75 Å². The van der Waals surface area contributed by atoms with Crippen LogP contribution in [0.1, 0.15) is 21.6 Å². The summed E-state index contributed by atoms with van der Waals surface area (Å²) in [5.41, 5.74) is 11.9. The molecular weight excluding hydrogens is 389 g/mol. The Morgan fingerprint density at radius 1 is 1.07 bits per heavy atom. The van der Waals surface area contributed by atoms with Crippen LogP contribution in [-0.4, -0.2) is 28.5 Å². The number of ether oxygens (including phenoxy) is 1. The van der Waals surface area contributed by atoms with Crippen LogP contribution >= 0.6 is 0 Å². The monoisotopic (exact) mass is 404 g/mol. The second-order valence-corrected chi connectivity index (χ2v) is 6.15. The summed E-state index contributed by atoms with van der Waals surface area (Å²) in [6.45, 7) is 0.0173. The average Bonchev–Trinajstić information content (AvgIpc) is 2.95. The van der Waals surface area contributed by atoms with Crippen LogP contribution < -0.4 is 16.2 Å². The van der Waals surface area contributed by atoms with Crippen molar-refractivity contribution in [3.63, 3.8) is 0 Å². The van der Waals surface area contributed by atoms with Gasteiger partial charge in [-0.3, -0.25) is 10.2 Å². The smallest absolute Gasteiger partial charge is 0.417 e. The number of halogens is 3. The third-order valence-electron chi connectivity index (χ3n) is 4.16. The van der Waals surface area contributed by atoms with Crippen LogP contribution in [0, 0.1) is 5.41 Å². The molecular formula is C19H15F3N4O3. The molecule has 10 heteroatoms. The lowest BCUT2D eigenvalue weighted by molar-refractivity contribution is -0.189. The van der Waals surface area contributed by atoms with E-state index in [0.29, 0.717) is 16.6 Å². The number of amides is 1. The Kier molecular flexibility index (Phi) is 5.02. The molecule has 0 saturated heterocycles. The van der Waals surface area contributed by atoms with Crippen molar-refractivity contribution in [2.75, 3.05) is 0 Å². The van der Waals surface area contributed by atoms with Gasteiger partial charge in [0.15, 0.2) is 11.4 Å². The molecule has 0 bridgehead atoms. The van der Waals surface area contributed by atoms with Gasteiger partial charge in [-0.1, -0.05) is 30.3 Å². The molecule has 3 aromatic rings. The number of esters is 1. The van der Waals surface area contributed by atoms with E-state index in [2.05, 4.69) is 4.74 Å². The lowest BCUT2D eigenvalue weighted by Gasteiger charge is -2.11. The minimum absolute atomic E-state index is 0.0173. The fourth-order valence-corrected chi connectivity index (χ4v) is 2.95. The first-order valence-corrected chi connectivity index (χ1v) is 8.23. The summed E-state index contributed by atoms with van der Waals surface area (Å²) in [6.07, 6.45) is -5.24. The number of carbonyl (C=O) groups excluding carboxylic acids is 2. The molecule has 2 aromatic carbocycles. The highest BCUT2D eigenvalue weighted by Gasteiger charge is 2.42. The summed E-state index contributed by atoms with van der Waals surface area (Å²) in [4.78, 5) is 23.5. The first-order valence-electron chi connectivity index (χ1n) is 8.23. The molecule has 0 aliphatic heterocycles. The number of alkyl halides is 3. The number of nitrogen functional groups attached to an aromatic ring is 1. The minimum Gasteiger partial charge on any atom is -0.417 e. The molecule has 29 heavy (non-hydrogen) atoms. The number of nitrogens with one attached hydrogen (secondary N) is 1. The van der Waals surface area contributed by atoms with E-state index in [1.807, 2.05) is 0 Å². The van der Waals surface area contributed by atoms with Crippen molar-refractivity contribution in [1.29, 1.82) is 5.41 Å². The fraction of sp³-hybridized carbons (Fsp3) is 0.105. The fourth-order valence-electron chi connectivity index (χ4n) is 2.95. The number of carbonyl (C=O) groups is 2. The van der Waals surface area contributed by atoms with Gasteiger partial charge < -0.3 is 20.8 Å². The van der Waals surface area contributed by atoms with Crippen molar-refractivity contribution < 1.29 is 27.5 Å². The Labute approximate surface area is 162 Å². The molecule has 0 unspecified atom stereocenters. The number of fused-ring (bicyclic) bond motifs is 1. The van der Waals surface area contributed by atoms with Gasteiger partial charge >= 0.3 is 12.1 Å². The molecule has 1 amide bonds. The Morgan fingerprint density at radius 2 is 1.76 bits per heavy atom. The van der Waals surface area contributed by atoms with Crippen LogP contribution in [0.2, 0.25) is 0 Å². The van der Waals surface area contributed by atoms with Crippen LogP contribution in [0.3, 0.4) is 0 Å². The second kappa shape index (κ2) is 7.30. The highest BCUT2D eigenvalue weighted by atomic mass is 19.4. The minimum atomic E-state index is -5.24. The van der Waals surface area contributed by atoms with Crippen LogP contribution in [0.15, 0.2) is 48.5 Å². The lowest BCUT2D eigenvalue weighted by Crippen LogP contribution is -2.29. The first kappa shape index (κ1) is 19.9. The maximum Gasteiger partial charge on any atom is 0.491 e.